The number of aliphatic imine (C=N–C) groups is 1. The van der Waals surface area contributed by atoms with Gasteiger partial charge in [-0.15, -0.1) is 0 Å². The summed E-state index contributed by atoms with van der Waals surface area (Å²) in [6, 6.07) is 0.428. The van der Waals surface area contributed by atoms with Crippen molar-refractivity contribution in [2.24, 2.45) is 15.8 Å². The Bertz CT molecular complexity index is 920. The highest BCUT2D eigenvalue weighted by Gasteiger charge is 2.23. The highest BCUT2D eigenvalue weighted by Crippen LogP contribution is 2.30. The van der Waals surface area contributed by atoms with Gasteiger partial charge in [-0.2, -0.15) is 0 Å². The summed E-state index contributed by atoms with van der Waals surface area (Å²) in [4.78, 5) is 17.3. The van der Waals surface area contributed by atoms with Gasteiger partial charge in [0.15, 0.2) is 0 Å². The highest BCUT2D eigenvalue weighted by atomic mass is 32.2. The zero-order valence-corrected chi connectivity index (χ0v) is 16.9. The van der Waals surface area contributed by atoms with E-state index >= 15 is 0 Å². The number of nitrogens with zero attached hydrogens (tertiary/aromatic N) is 4. The lowest BCUT2D eigenvalue weighted by Gasteiger charge is -2.16. The van der Waals surface area contributed by atoms with Crippen molar-refractivity contribution in [3.8, 4) is 5.75 Å². The van der Waals surface area contributed by atoms with Crippen molar-refractivity contribution < 1.29 is 23.1 Å². The normalized spacial score (nSPS) is 12.8. The monoisotopic (exact) mass is 412 g/mol. The lowest BCUT2D eigenvalue weighted by Crippen LogP contribution is -2.37. The molecule has 0 amide bonds. The van der Waals surface area contributed by atoms with Crippen molar-refractivity contribution in [2.75, 3.05) is 13.7 Å². The molecule has 1 rings (SSSR count). The van der Waals surface area contributed by atoms with Crippen LogP contribution in [0, 0.1) is 20.8 Å². The Hall–Kier alpha value is -2.98. The maximum atomic E-state index is 12.7. The zero-order chi connectivity index (χ0) is 21.5. The van der Waals surface area contributed by atoms with Gasteiger partial charge in [-0.3, -0.25) is 9.79 Å². The molecule has 154 valence electrons. The Balaban J connectivity index is 2.90. The van der Waals surface area contributed by atoms with Crippen LogP contribution in [-0.2, 0) is 14.8 Å². The fourth-order valence-electron chi connectivity index (χ4n) is 2.64. The maximum absolute atomic E-state index is 12.7. The molecule has 11 nitrogen and oxygen atoms in total. The van der Waals surface area contributed by atoms with Gasteiger partial charge in [-0.1, -0.05) is 5.11 Å². The quantitative estimate of drug-likeness (QED) is 0.139. The number of aliphatic carboxylic acids is 1. The first-order chi connectivity index (χ1) is 13.0. The van der Waals surface area contributed by atoms with E-state index in [9.17, 15) is 13.2 Å². The van der Waals surface area contributed by atoms with Crippen molar-refractivity contribution in [1.82, 2.24) is 4.72 Å². The molecule has 0 fully saturated rings. The van der Waals surface area contributed by atoms with Crippen LogP contribution in [0.5, 0.6) is 5.75 Å². The fourth-order valence-corrected chi connectivity index (χ4v) is 4.13. The number of hydrogen-bond acceptors (Lipinski definition) is 6. The molecule has 0 bridgehead atoms. The molecule has 0 radical (unpaired) electrons. The molecule has 0 saturated carbocycles. The number of aryl methyl sites for hydroxylation is 1. The molecule has 4 N–H and O–H groups in total. The Labute approximate surface area is 163 Å². The third-order valence-electron chi connectivity index (χ3n) is 4.10. The molecule has 1 atom stereocenters. The van der Waals surface area contributed by atoms with Crippen LogP contribution >= 0.6 is 0 Å². The molecule has 0 spiro atoms. The number of rotatable bonds is 9. The molecule has 0 heterocycles. The highest BCUT2D eigenvalue weighted by molar-refractivity contribution is 7.90. The number of carboxylic acids is 1. The number of ether oxygens (including phenoxy) is 1. The maximum Gasteiger partial charge on any atom is 0.312 e. The van der Waals surface area contributed by atoms with Crippen LogP contribution in [0.3, 0.4) is 0 Å². The van der Waals surface area contributed by atoms with Crippen molar-refractivity contribution in [1.29, 1.82) is 0 Å². The van der Waals surface area contributed by atoms with Gasteiger partial charge in [-0.05, 0) is 61.9 Å². The second-order valence-electron chi connectivity index (χ2n) is 6.05. The van der Waals surface area contributed by atoms with Gasteiger partial charge in [0.2, 0.25) is 5.96 Å². The summed E-state index contributed by atoms with van der Waals surface area (Å²) >= 11 is 0. The Morgan fingerprint density at radius 2 is 2.04 bits per heavy atom. The SMILES string of the molecule is COc1cc(C)c(S(=O)(=O)NC(N)=NCCC[C@H](N=[N+]=[N-])C(=O)O)c(C)c1C. The van der Waals surface area contributed by atoms with E-state index in [0.29, 0.717) is 22.4 Å². The minimum absolute atomic E-state index is 0.0544. The van der Waals surface area contributed by atoms with E-state index in [-0.39, 0.29) is 30.2 Å². The average molecular weight is 412 g/mol. The predicted molar refractivity (Wildman–Crippen MR) is 104 cm³/mol. The van der Waals surface area contributed by atoms with Gasteiger partial charge < -0.3 is 15.6 Å². The van der Waals surface area contributed by atoms with Gasteiger partial charge >= 0.3 is 5.97 Å². The minimum Gasteiger partial charge on any atom is -0.496 e. The number of benzene rings is 1. The molecule has 1 aromatic carbocycles. The number of nitrogens with two attached hydrogens (primary N) is 1. The van der Waals surface area contributed by atoms with E-state index < -0.39 is 22.0 Å². The van der Waals surface area contributed by atoms with Crippen LogP contribution in [-0.4, -0.2) is 45.1 Å². The number of guanidine groups is 1. The van der Waals surface area contributed by atoms with E-state index in [2.05, 4.69) is 19.7 Å². The first-order valence-corrected chi connectivity index (χ1v) is 9.78. The van der Waals surface area contributed by atoms with Crippen molar-refractivity contribution in [3.63, 3.8) is 0 Å². The first kappa shape index (κ1) is 23.1. The number of hydrogen-bond donors (Lipinski definition) is 3. The molecule has 0 aliphatic carbocycles. The van der Waals surface area contributed by atoms with Crippen LogP contribution in [0.25, 0.3) is 10.4 Å². The summed E-state index contributed by atoms with van der Waals surface area (Å²) in [5.74, 6) is -0.970. The predicted octanol–water partition coefficient (Wildman–Crippen LogP) is 1.76. The van der Waals surface area contributed by atoms with E-state index in [1.54, 1.807) is 26.8 Å². The van der Waals surface area contributed by atoms with Crippen molar-refractivity contribution in [3.05, 3.63) is 33.2 Å². The molecule has 28 heavy (non-hydrogen) atoms. The standard InChI is InChI=1S/C16H24N6O5S/c1-9-8-13(27-4)10(2)11(3)14(9)28(25,26)21-16(17)19-7-5-6-12(15(23)24)20-22-18/h8,12H,5-7H2,1-4H3,(H,23,24)(H3,17,19,21)/t12-/m0/s1. The molecule has 0 unspecified atom stereocenters. The number of sulfonamides is 1. The lowest BCUT2D eigenvalue weighted by molar-refractivity contribution is -0.138. The number of azide groups is 1. The second-order valence-corrected chi connectivity index (χ2v) is 7.67. The fraction of sp³-hybridized carbons (Fsp3) is 0.500. The number of nitrogens with one attached hydrogen (secondary N) is 1. The number of carbonyl (C=O) groups is 1. The minimum atomic E-state index is -3.97. The number of methoxy groups -OCH3 is 1. The van der Waals surface area contributed by atoms with Gasteiger partial charge in [0.05, 0.1) is 12.0 Å². The first-order valence-electron chi connectivity index (χ1n) is 8.29. The van der Waals surface area contributed by atoms with Gasteiger partial charge in [-0.25, -0.2) is 13.1 Å². The third-order valence-corrected chi connectivity index (χ3v) is 5.74. The van der Waals surface area contributed by atoms with E-state index in [4.69, 9.17) is 21.1 Å². The number of carboxylic acid groups (broad SMARTS) is 1. The van der Waals surface area contributed by atoms with Crippen molar-refractivity contribution in [2.45, 2.75) is 44.6 Å². The molecule has 0 aromatic heterocycles. The van der Waals surface area contributed by atoms with Gasteiger partial charge in [0.1, 0.15) is 11.8 Å². The largest absolute Gasteiger partial charge is 0.496 e. The molecular formula is C16H24N6O5S. The summed E-state index contributed by atoms with van der Waals surface area (Å²) in [5.41, 5.74) is 15.7. The molecule has 1 aromatic rings. The molecule has 0 aliphatic heterocycles. The zero-order valence-electron chi connectivity index (χ0n) is 16.1. The summed E-state index contributed by atoms with van der Waals surface area (Å²) in [7, 11) is -2.46. The molecule has 12 heteroatoms. The molecular weight excluding hydrogens is 388 g/mol. The van der Waals surface area contributed by atoms with Crippen LogP contribution in [0.1, 0.15) is 29.5 Å². The Morgan fingerprint density at radius 3 is 2.57 bits per heavy atom. The topological polar surface area (TPSA) is 180 Å². The van der Waals surface area contributed by atoms with E-state index in [0.717, 1.165) is 0 Å². The molecule has 0 saturated heterocycles. The third kappa shape index (κ3) is 5.76. The summed E-state index contributed by atoms with van der Waals surface area (Å²) in [6.45, 7) is 5.15. The molecule has 0 aliphatic rings. The van der Waals surface area contributed by atoms with Crippen LogP contribution in [0.15, 0.2) is 21.1 Å². The second kappa shape index (κ2) is 9.81. The van der Waals surface area contributed by atoms with Gasteiger partial charge in [0.25, 0.3) is 10.0 Å². The van der Waals surface area contributed by atoms with Crippen LogP contribution in [0.4, 0.5) is 0 Å². The van der Waals surface area contributed by atoms with Crippen LogP contribution < -0.4 is 15.2 Å². The van der Waals surface area contributed by atoms with Gasteiger partial charge in [0, 0.05) is 11.5 Å². The van der Waals surface area contributed by atoms with E-state index in [1.807, 2.05) is 0 Å². The summed E-state index contributed by atoms with van der Waals surface area (Å²) in [5, 5.41) is 12.0. The van der Waals surface area contributed by atoms with E-state index in [1.165, 1.54) is 7.11 Å². The lowest BCUT2D eigenvalue weighted by atomic mass is 10.1. The summed E-state index contributed by atoms with van der Waals surface area (Å²) < 4.78 is 32.9. The summed E-state index contributed by atoms with van der Waals surface area (Å²) in [6.07, 6.45) is 0.303. The Morgan fingerprint density at radius 1 is 1.39 bits per heavy atom. The Kier molecular flexibility index (Phi) is 8.08. The average Bonchev–Trinajstić information content (AvgIpc) is 2.59. The smallest absolute Gasteiger partial charge is 0.312 e. The van der Waals surface area contributed by atoms with Crippen molar-refractivity contribution >= 4 is 22.0 Å². The van der Waals surface area contributed by atoms with Crippen LogP contribution in [0.2, 0.25) is 0 Å².